The zero-order chi connectivity index (χ0) is 41.4. The Hall–Kier alpha value is -7.88. The molecular weight excluding hydrogens is 753 g/mol. The minimum Gasteiger partial charge on any atom is -0.456 e. The van der Waals surface area contributed by atoms with Crippen LogP contribution in [0.1, 0.15) is 25.0 Å². The Bertz CT molecular complexity index is 3380. The fourth-order valence-corrected chi connectivity index (χ4v) is 9.66. The molecule has 0 spiro atoms. The predicted molar refractivity (Wildman–Crippen MR) is 255 cm³/mol. The van der Waals surface area contributed by atoms with Gasteiger partial charge in [-0.15, -0.1) is 0 Å². The van der Waals surface area contributed by atoms with Gasteiger partial charge in [-0.3, -0.25) is 0 Å². The van der Waals surface area contributed by atoms with Crippen LogP contribution in [0.2, 0.25) is 0 Å². The molecule has 0 radical (unpaired) electrons. The van der Waals surface area contributed by atoms with Gasteiger partial charge < -0.3 is 4.74 Å². The van der Waals surface area contributed by atoms with Crippen molar-refractivity contribution in [2.24, 2.45) is 0 Å². The molecule has 0 saturated heterocycles. The topological polar surface area (TPSA) is 35.0 Å². The molecule has 3 heteroatoms. The third-order valence-corrected chi connectivity index (χ3v) is 12.9. The Morgan fingerprint density at radius 2 is 0.903 bits per heavy atom. The van der Waals surface area contributed by atoms with Crippen molar-refractivity contribution in [1.29, 1.82) is 0 Å². The van der Waals surface area contributed by atoms with E-state index in [0.29, 0.717) is 5.82 Å². The summed E-state index contributed by atoms with van der Waals surface area (Å²) in [7, 11) is 0. The first-order chi connectivity index (χ1) is 30.4. The molecule has 2 aliphatic rings. The summed E-state index contributed by atoms with van der Waals surface area (Å²) in [6.07, 6.45) is 0. The molecule has 0 amide bonds. The highest BCUT2D eigenvalue weighted by Crippen LogP contribution is 2.51. The van der Waals surface area contributed by atoms with Gasteiger partial charge in [0.15, 0.2) is 5.82 Å². The van der Waals surface area contributed by atoms with E-state index in [-0.39, 0.29) is 5.41 Å². The molecule has 3 nitrogen and oxygen atoms in total. The summed E-state index contributed by atoms with van der Waals surface area (Å²) in [5, 5.41) is 2.32. The minimum absolute atomic E-state index is 0.125. The number of rotatable bonds is 6. The summed E-state index contributed by atoms with van der Waals surface area (Å²) >= 11 is 0. The van der Waals surface area contributed by atoms with Crippen molar-refractivity contribution >= 4 is 10.8 Å². The fourth-order valence-electron chi connectivity index (χ4n) is 9.66. The maximum Gasteiger partial charge on any atom is 0.160 e. The lowest BCUT2D eigenvalue weighted by atomic mass is 9.81. The molecule has 9 aromatic carbocycles. The quantitative estimate of drug-likeness (QED) is 0.168. The van der Waals surface area contributed by atoms with Crippen LogP contribution >= 0.6 is 0 Å². The summed E-state index contributed by atoms with van der Waals surface area (Å²) in [6, 6.07) is 73.8. The van der Waals surface area contributed by atoms with Gasteiger partial charge in [0, 0.05) is 33.1 Å². The SMILES string of the molecule is CC1(C)c2ccccc2-c2ccc(-c3cc(-c4ccc5c(c4)-c4cccc6cccc(c46)O5)cc(-c4cc(-c5ccc(-c6ccccc6)cc5)nc(-c5ccccc5)n4)c3)cc21. The van der Waals surface area contributed by atoms with Crippen molar-refractivity contribution in [3.8, 4) is 101 Å². The van der Waals surface area contributed by atoms with E-state index in [1.807, 2.05) is 18.2 Å². The first-order valence-electron chi connectivity index (χ1n) is 21.3. The summed E-state index contributed by atoms with van der Waals surface area (Å²) in [5.41, 5.74) is 19.1. The number of hydrogen-bond acceptors (Lipinski definition) is 3. The van der Waals surface area contributed by atoms with E-state index in [9.17, 15) is 0 Å². The molecule has 10 aromatic rings. The highest BCUT2D eigenvalue weighted by Gasteiger charge is 2.35. The van der Waals surface area contributed by atoms with E-state index in [1.54, 1.807) is 0 Å². The van der Waals surface area contributed by atoms with Gasteiger partial charge in [0.25, 0.3) is 0 Å². The van der Waals surface area contributed by atoms with E-state index in [1.165, 1.54) is 49.9 Å². The van der Waals surface area contributed by atoms with Gasteiger partial charge in [-0.05, 0) is 115 Å². The fraction of sp³-hybridized carbons (Fsp3) is 0.0508. The largest absolute Gasteiger partial charge is 0.456 e. The number of benzene rings is 9. The van der Waals surface area contributed by atoms with E-state index in [2.05, 4.69) is 202 Å². The molecule has 62 heavy (non-hydrogen) atoms. The average molecular weight is 793 g/mol. The highest BCUT2D eigenvalue weighted by molar-refractivity contribution is 6.04. The van der Waals surface area contributed by atoms with Gasteiger partial charge in [0.05, 0.1) is 11.4 Å². The molecule has 0 unspecified atom stereocenters. The number of nitrogens with zero attached hydrogens (tertiary/aromatic N) is 2. The van der Waals surface area contributed by atoms with Gasteiger partial charge in [-0.25, -0.2) is 9.97 Å². The minimum atomic E-state index is -0.125. The molecule has 1 aliphatic heterocycles. The molecule has 0 bridgehead atoms. The maximum absolute atomic E-state index is 6.54. The zero-order valence-electron chi connectivity index (χ0n) is 34.4. The Morgan fingerprint density at radius 1 is 0.339 bits per heavy atom. The molecule has 0 N–H and O–H groups in total. The Morgan fingerprint density at radius 3 is 1.68 bits per heavy atom. The molecule has 12 rings (SSSR count). The number of ether oxygens (including phenoxy) is 1. The summed E-state index contributed by atoms with van der Waals surface area (Å²) in [4.78, 5) is 10.5. The second-order valence-corrected chi connectivity index (χ2v) is 17.0. The van der Waals surface area contributed by atoms with E-state index in [0.717, 1.165) is 67.2 Å². The molecule has 1 aliphatic carbocycles. The van der Waals surface area contributed by atoms with Gasteiger partial charge >= 0.3 is 0 Å². The number of fused-ring (bicyclic) bond motifs is 5. The maximum atomic E-state index is 6.54. The number of aromatic nitrogens is 2. The lowest BCUT2D eigenvalue weighted by Gasteiger charge is -2.22. The van der Waals surface area contributed by atoms with Crippen LogP contribution in [0.3, 0.4) is 0 Å². The average Bonchev–Trinajstić information content (AvgIpc) is 3.57. The van der Waals surface area contributed by atoms with E-state index in [4.69, 9.17) is 14.7 Å². The predicted octanol–water partition coefficient (Wildman–Crippen LogP) is 15.7. The molecule has 292 valence electrons. The van der Waals surface area contributed by atoms with Crippen LogP contribution in [-0.2, 0) is 5.41 Å². The van der Waals surface area contributed by atoms with Crippen LogP contribution < -0.4 is 4.74 Å². The standard InChI is InChI=1S/C59H40N2O/c1-59(2)51-21-10-9-19-47(51)48-29-27-43(35-52(48)59)45-31-44(42-28-30-55-50(34-42)49-20-11-17-40-18-12-22-56(62-55)57(40)49)32-46(33-45)54-36-53(60-58(61-54)41-15-7-4-8-16-41)39-25-23-38(24-26-39)37-13-5-3-6-14-37/h3-36H,1-2H3. The third kappa shape index (κ3) is 5.96. The van der Waals surface area contributed by atoms with Crippen LogP contribution in [0.25, 0.3) is 100 Å². The molecule has 0 saturated carbocycles. The third-order valence-electron chi connectivity index (χ3n) is 12.9. The highest BCUT2D eigenvalue weighted by atomic mass is 16.5. The second-order valence-electron chi connectivity index (χ2n) is 17.0. The van der Waals surface area contributed by atoms with Gasteiger partial charge in [-0.2, -0.15) is 0 Å². The van der Waals surface area contributed by atoms with Crippen LogP contribution in [0, 0.1) is 0 Å². The van der Waals surface area contributed by atoms with Crippen LogP contribution in [-0.4, -0.2) is 9.97 Å². The van der Waals surface area contributed by atoms with Crippen LogP contribution in [0.4, 0.5) is 0 Å². The van der Waals surface area contributed by atoms with Crippen molar-refractivity contribution in [2.45, 2.75) is 19.3 Å². The monoisotopic (exact) mass is 792 g/mol. The Kier molecular flexibility index (Phi) is 8.20. The first-order valence-corrected chi connectivity index (χ1v) is 21.3. The van der Waals surface area contributed by atoms with E-state index < -0.39 is 0 Å². The van der Waals surface area contributed by atoms with E-state index >= 15 is 0 Å². The Labute approximate surface area is 361 Å². The van der Waals surface area contributed by atoms with Crippen molar-refractivity contribution in [1.82, 2.24) is 9.97 Å². The molecule has 0 atom stereocenters. The summed E-state index contributed by atoms with van der Waals surface area (Å²) < 4.78 is 6.54. The first kappa shape index (κ1) is 36.0. The second kappa shape index (κ2) is 14.1. The molecule has 2 heterocycles. The van der Waals surface area contributed by atoms with Crippen molar-refractivity contribution in [2.75, 3.05) is 0 Å². The molecule has 0 fully saturated rings. The lowest BCUT2D eigenvalue weighted by molar-refractivity contribution is 0.487. The van der Waals surface area contributed by atoms with Crippen LogP contribution in [0.5, 0.6) is 11.5 Å². The normalized spacial score (nSPS) is 12.9. The Balaban J connectivity index is 1.05. The summed E-state index contributed by atoms with van der Waals surface area (Å²) in [6.45, 7) is 4.69. The summed E-state index contributed by atoms with van der Waals surface area (Å²) in [5.74, 6) is 2.45. The van der Waals surface area contributed by atoms with Gasteiger partial charge in [-0.1, -0.05) is 172 Å². The number of hydrogen-bond donors (Lipinski definition) is 0. The molecule has 1 aromatic heterocycles. The molecular formula is C59H40N2O. The van der Waals surface area contributed by atoms with Gasteiger partial charge in [0.1, 0.15) is 11.5 Å². The van der Waals surface area contributed by atoms with Crippen molar-refractivity contribution < 1.29 is 4.74 Å². The van der Waals surface area contributed by atoms with Crippen molar-refractivity contribution in [3.05, 3.63) is 217 Å². The lowest BCUT2D eigenvalue weighted by Crippen LogP contribution is -2.14. The van der Waals surface area contributed by atoms with Gasteiger partial charge in [0.2, 0.25) is 0 Å². The van der Waals surface area contributed by atoms with Crippen LogP contribution in [0.15, 0.2) is 206 Å². The smallest absolute Gasteiger partial charge is 0.160 e. The zero-order valence-corrected chi connectivity index (χ0v) is 34.4. The van der Waals surface area contributed by atoms with Crippen molar-refractivity contribution in [3.63, 3.8) is 0 Å².